The van der Waals surface area contributed by atoms with Crippen LogP contribution in [-0.4, -0.2) is 19.5 Å². The van der Waals surface area contributed by atoms with E-state index in [0.717, 1.165) is 88.4 Å². The predicted molar refractivity (Wildman–Crippen MR) is 265 cm³/mol. The van der Waals surface area contributed by atoms with Crippen molar-refractivity contribution in [2.75, 3.05) is 0 Å². The minimum Gasteiger partial charge on any atom is -0.456 e. The average molecular weight is 831 g/mol. The fourth-order valence-electron chi connectivity index (χ4n) is 9.98. The minimum atomic E-state index is 0.537. The number of hydrogen-bond acceptors (Lipinski definition) is 5. The van der Waals surface area contributed by atoms with Crippen LogP contribution >= 0.6 is 0 Å². The lowest BCUT2D eigenvalue weighted by Crippen LogP contribution is -2.02. The smallest absolute Gasteiger partial charge is 0.164 e. The van der Waals surface area contributed by atoms with Gasteiger partial charge in [0.25, 0.3) is 0 Å². The molecule has 0 fully saturated rings. The fraction of sp³-hybridized carbons (Fsp3) is 0. The lowest BCUT2D eigenvalue weighted by molar-refractivity contribution is 0.668. The van der Waals surface area contributed by atoms with Crippen LogP contribution in [0.2, 0.25) is 0 Å². The second-order valence-electron chi connectivity index (χ2n) is 16.8. The van der Waals surface area contributed by atoms with Gasteiger partial charge in [-0.3, -0.25) is 0 Å². The first-order valence-electron chi connectivity index (χ1n) is 21.8. The van der Waals surface area contributed by atoms with E-state index < -0.39 is 0 Å². The van der Waals surface area contributed by atoms with E-state index in [1.807, 2.05) is 42.5 Å². The highest BCUT2D eigenvalue weighted by molar-refractivity contribution is 6.23. The van der Waals surface area contributed by atoms with Crippen molar-refractivity contribution in [3.63, 3.8) is 0 Å². The third kappa shape index (κ3) is 5.57. The SMILES string of the molecule is c1ccc(-c2cccc(-c3nc(-c4ccc5c(c4)oc4ccccc45)nc(-c4cc(-n5c6cc7ccccc7cc6c6c7ccccc7ccc65)cc5oc6ccccc6c45)n3)c2)cc1. The molecule has 6 heteroatoms. The summed E-state index contributed by atoms with van der Waals surface area (Å²) in [6.07, 6.45) is 0. The fourth-order valence-corrected chi connectivity index (χ4v) is 9.98. The van der Waals surface area contributed by atoms with Crippen molar-refractivity contribution in [1.29, 1.82) is 0 Å². The topological polar surface area (TPSA) is 69.9 Å². The quantitative estimate of drug-likeness (QED) is 0.173. The van der Waals surface area contributed by atoms with Crippen LogP contribution in [0.3, 0.4) is 0 Å². The zero-order valence-electron chi connectivity index (χ0n) is 34.7. The van der Waals surface area contributed by atoms with E-state index in [0.29, 0.717) is 17.5 Å². The van der Waals surface area contributed by atoms with Gasteiger partial charge in [-0.05, 0) is 87.3 Å². The zero-order valence-corrected chi connectivity index (χ0v) is 34.7. The van der Waals surface area contributed by atoms with Gasteiger partial charge in [0.1, 0.15) is 22.3 Å². The largest absolute Gasteiger partial charge is 0.456 e. The zero-order chi connectivity index (χ0) is 42.6. The monoisotopic (exact) mass is 830 g/mol. The van der Waals surface area contributed by atoms with E-state index >= 15 is 0 Å². The van der Waals surface area contributed by atoms with Crippen molar-refractivity contribution in [2.24, 2.45) is 0 Å². The molecule has 0 amide bonds. The number of para-hydroxylation sites is 2. The number of fused-ring (bicyclic) bond motifs is 12. The van der Waals surface area contributed by atoms with Crippen molar-refractivity contribution in [3.8, 4) is 51.0 Å². The molecule has 65 heavy (non-hydrogen) atoms. The lowest BCUT2D eigenvalue weighted by atomic mass is 10.0. The van der Waals surface area contributed by atoms with Gasteiger partial charge in [0.2, 0.25) is 0 Å². The highest BCUT2D eigenvalue weighted by Crippen LogP contribution is 2.43. The average Bonchev–Trinajstić information content (AvgIpc) is 4.04. The molecule has 14 aromatic rings. The Bertz CT molecular complexity index is 4250. The maximum Gasteiger partial charge on any atom is 0.164 e. The molecule has 0 aliphatic rings. The van der Waals surface area contributed by atoms with Gasteiger partial charge in [0.05, 0.1) is 16.7 Å². The van der Waals surface area contributed by atoms with Crippen LogP contribution in [0, 0.1) is 0 Å². The van der Waals surface area contributed by atoms with Crippen molar-refractivity contribution in [1.82, 2.24) is 19.5 Å². The Morgan fingerprint density at radius 1 is 0.308 bits per heavy atom. The van der Waals surface area contributed by atoms with E-state index in [4.69, 9.17) is 23.8 Å². The molecule has 302 valence electrons. The van der Waals surface area contributed by atoms with Gasteiger partial charge in [-0.15, -0.1) is 0 Å². The number of rotatable bonds is 5. The summed E-state index contributed by atoms with van der Waals surface area (Å²) in [7, 11) is 0. The molecule has 6 nitrogen and oxygen atoms in total. The maximum atomic E-state index is 6.79. The van der Waals surface area contributed by atoms with Gasteiger partial charge in [-0.1, -0.05) is 146 Å². The molecule has 14 rings (SSSR count). The molecule has 0 aliphatic heterocycles. The van der Waals surface area contributed by atoms with Crippen LogP contribution in [0.15, 0.2) is 215 Å². The van der Waals surface area contributed by atoms with Crippen LogP contribution in [0.4, 0.5) is 0 Å². The molecule has 0 bridgehead atoms. The molecule has 0 atom stereocenters. The normalized spacial score (nSPS) is 12.0. The predicted octanol–water partition coefficient (Wildman–Crippen LogP) is 15.7. The Balaban J connectivity index is 1.07. The first-order chi connectivity index (χ1) is 32.2. The van der Waals surface area contributed by atoms with Crippen LogP contribution < -0.4 is 0 Å². The van der Waals surface area contributed by atoms with Crippen LogP contribution in [0.25, 0.3) is 138 Å². The molecule has 4 aromatic heterocycles. The molecule has 0 N–H and O–H groups in total. The Hall–Kier alpha value is -8.87. The van der Waals surface area contributed by atoms with Crippen molar-refractivity contribution in [2.45, 2.75) is 0 Å². The minimum absolute atomic E-state index is 0.537. The van der Waals surface area contributed by atoms with Gasteiger partial charge >= 0.3 is 0 Å². The van der Waals surface area contributed by atoms with Gasteiger partial charge < -0.3 is 13.4 Å². The van der Waals surface area contributed by atoms with Crippen molar-refractivity contribution < 1.29 is 8.83 Å². The number of benzene rings is 10. The van der Waals surface area contributed by atoms with E-state index in [2.05, 4.69) is 168 Å². The van der Waals surface area contributed by atoms with Crippen LogP contribution in [0.1, 0.15) is 0 Å². The van der Waals surface area contributed by atoms with E-state index in [1.165, 1.54) is 32.3 Å². The Morgan fingerprint density at radius 2 is 0.923 bits per heavy atom. The van der Waals surface area contributed by atoms with Crippen molar-refractivity contribution in [3.05, 3.63) is 206 Å². The van der Waals surface area contributed by atoms with Crippen LogP contribution in [-0.2, 0) is 0 Å². The maximum absolute atomic E-state index is 6.79. The highest BCUT2D eigenvalue weighted by atomic mass is 16.3. The molecule has 0 unspecified atom stereocenters. The first-order valence-corrected chi connectivity index (χ1v) is 21.8. The molecule has 0 saturated heterocycles. The molecule has 0 aliphatic carbocycles. The molecule has 0 saturated carbocycles. The second kappa shape index (κ2) is 13.8. The number of hydrogen-bond donors (Lipinski definition) is 0. The Morgan fingerprint density at radius 3 is 1.75 bits per heavy atom. The summed E-state index contributed by atoms with van der Waals surface area (Å²) in [6.45, 7) is 0. The second-order valence-corrected chi connectivity index (χ2v) is 16.8. The summed E-state index contributed by atoms with van der Waals surface area (Å²) in [5, 5.41) is 11.2. The molecule has 0 spiro atoms. The lowest BCUT2D eigenvalue weighted by Gasteiger charge is -2.13. The van der Waals surface area contributed by atoms with E-state index in [9.17, 15) is 0 Å². The Kier molecular flexibility index (Phi) is 7.59. The van der Waals surface area contributed by atoms with Gasteiger partial charge in [0, 0.05) is 55.1 Å². The summed E-state index contributed by atoms with van der Waals surface area (Å²) in [6, 6.07) is 72.2. The highest BCUT2D eigenvalue weighted by Gasteiger charge is 2.23. The summed E-state index contributed by atoms with van der Waals surface area (Å²) < 4.78 is 15.6. The van der Waals surface area contributed by atoms with Crippen molar-refractivity contribution >= 4 is 87.2 Å². The number of furan rings is 2. The molecule has 0 radical (unpaired) electrons. The summed E-state index contributed by atoms with van der Waals surface area (Å²) >= 11 is 0. The summed E-state index contributed by atoms with van der Waals surface area (Å²) in [5.74, 6) is 1.64. The molecular weight excluding hydrogens is 797 g/mol. The molecule has 10 aromatic carbocycles. The molecule has 4 heterocycles. The number of aromatic nitrogens is 4. The Labute approximate surface area is 371 Å². The third-order valence-corrected chi connectivity index (χ3v) is 13.0. The van der Waals surface area contributed by atoms with Gasteiger partial charge in [-0.25, -0.2) is 15.0 Å². The standard InChI is InChI=1S/C59H34N4O2/c1-2-13-35(14-3-1)37-18-12-19-40(29-37)57-60-58(41-25-27-45-44-21-8-10-23-51(44)64-53(45)32-41)62-59(61-57)48-33-42(34-54-56(48)46-22-9-11-24-52(46)65-54)63-49-28-26-36-15-6-7-20-43(36)55(49)47-30-38-16-4-5-17-39(38)31-50(47)63/h1-34H. The van der Waals surface area contributed by atoms with E-state index in [1.54, 1.807) is 0 Å². The van der Waals surface area contributed by atoms with E-state index in [-0.39, 0.29) is 0 Å². The third-order valence-electron chi connectivity index (χ3n) is 13.0. The number of nitrogens with zero attached hydrogens (tertiary/aromatic N) is 4. The van der Waals surface area contributed by atoms with Gasteiger partial charge in [0.15, 0.2) is 17.5 Å². The summed E-state index contributed by atoms with van der Waals surface area (Å²) in [5.41, 5.74) is 11.0. The van der Waals surface area contributed by atoms with Crippen LogP contribution in [0.5, 0.6) is 0 Å². The van der Waals surface area contributed by atoms with Gasteiger partial charge in [-0.2, -0.15) is 0 Å². The molecular formula is C59H34N4O2. The first kappa shape index (κ1) is 35.7. The summed E-state index contributed by atoms with van der Waals surface area (Å²) in [4.78, 5) is 16.0.